The van der Waals surface area contributed by atoms with Gasteiger partial charge in [0.15, 0.2) is 0 Å². The van der Waals surface area contributed by atoms with Crippen molar-refractivity contribution in [2.45, 2.75) is 38.6 Å². The van der Waals surface area contributed by atoms with Crippen LogP contribution in [0.4, 0.5) is 5.69 Å². The first-order chi connectivity index (χ1) is 8.99. The SMILES string of the molecule is CC1CCCC(N(C)c2cc(Cl)ccc2C(=N)N)C1. The van der Waals surface area contributed by atoms with Gasteiger partial charge in [-0.25, -0.2) is 0 Å². The molecule has 0 saturated heterocycles. The lowest BCUT2D eigenvalue weighted by molar-refractivity contribution is 0.336. The number of nitrogens with zero attached hydrogens (tertiary/aromatic N) is 1. The van der Waals surface area contributed by atoms with Crippen molar-refractivity contribution in [3.05, 3.63) is 28.8 Å². The van der Waals surface area contributed by atoms with Crippen LogP contribution in [0.5, 0.6) is 0 Å². The number of nitrogens with one attached hydrogen (secondary N) is 1. The van der Waals surface area contributed by atoms with E-state index in [1.54, 1.807) is 6.07 Å². The van der Waals surface area contributed by atoms with Crippen LogP contribution in [0, 0.1) is 11.3 Å². The van der Waals surface area contributed by atoms with Gasteiger partial charge >= 0.3 is 0 Å². The zero-order valence-corrected chi connectivity index (χ0v) is 12.4. The van der Waals surface area contributed by atoms with Gasteiger partial charge in [-0.05, 0) is 37.0 Å². The van der Waals surface area contributed by atoms with Gasteiger partial charge in [-0.2, -0.15) is 0 Å². The summed E-state index contributed by atoms with van der Waals surface area (Å²) in [5.74, 6) is 0.864. The molecule has 1 aliphatic rings. The topological polar surface area (TPSA) is 53.1 Å². The van der Waals surface area contributed by atoms with Gasteiger partial charge in [0.05, 0.1) is 0 Å². The molecule has 1 aromatic carbocycles. The maximum absolute atomic E-state index is 7.70. The molecule has 1 fully saturated rings. The lowest BCUT2D eigenvalue weighted by atomic mass is 9.86. The Morgan fingerprint density at radius 2 is 2.16 bits per heavy atom. The molecule has 0 aromatic heterocycles. The van der Waals surface area contributed by atoms with Crippen LogP contribution < -0.4 is 10.6 Å². The molecule has 0 amide bonds. The highest BCUT2D eigenvalue weighted by Crippen LogP contribution is 2.32. The minimum atomic E-state index is 0.0994. The number of amidine groups is 1. The predicted molar refractivity (Wildman–Crippen MR) is 82.3 cm³/mol. The Morgan fingerprint density at radius 1 is 1.42 bits per heavy atom. The minimum absolute atomic E-state index is 0.0994. The number of benzene rings is 1. The van der Waals surface area contributed by atoms with Crippen LogP contribution in [0.15, 0.2) is 18.2 Å². The fourth-order valence-corrected chi connectivity index (χ4v) is 3.14. The monoisotopic (exact) mass is 279 g/mol. The number of rotatable bonds is 3. The average molecular weight is 280 g/mol. The van der Waals surface area contributed by atoms with E-state index in [2.05, 4.69) is 18.9 Å². The Bertz CT molecular complexity index is 472. The second-order valence-electron chi connectivity index (χ2n) is 5.61. The molecule has 1 aliphatic carbocycles. The van der Waals surface area contributed by atoms with Crippen LogP contribution >= 0.6 is 11.6 Å². The van der Waals surface area contributed by atoms with E-state index in [0.717, 1.165) is 17.2 Å². The quantitative estimate of drug-likeness (QED) is 0.656. The standard InChI is InChI=1S/C15H22ClN3/c1-10-4-3-5-12(8-10)19(2)14-9-11(16)6-7-13(14)15(17)18/h6-7,9-10,12H,3-5,8H2,1-2H3,(H3,17,18). The van der Waals surface area contributed by atoms with Crippen molar-refractivity contribution in [2.24, 2.45) is 11.7 Å². The molecule has 2 rings (SSSR count). The first kappa shape index (κ1) is 14.2. The summed E-state index contributed by atoms with van der Waals surface area (Å²) >= 11 is 6.10. The van der Waals surface area contributed by atoms with Crippen molar-refractivity contribution in [1.82, 2.24) is 0 Å². The van der Waals surface area contributed by atoms with Gasteiger partial charge in [-0.15, -0.1) is 0 Å². The van der Waals surface area contributed by atoms with Crippen LogP contribution in [0.1, 0.15) is 38.2 Å². The first-order valence-electron chi connectivity index (χ1n) is 6.86. The Kier molecular flexibility index (Phi) is 4.35. The van der Waals surface area contributed by atoms with Crippen LogP contribution in [0.3, 0.4) is 0 Å². The third kappa shape index (κ3) is 3.21. The van der Waals surface area contributed by atoms with E-state index in [4.69, 9.17) is 22.7 Å². The number of nitrogens with two attached hydrogens (primary N) is 1. The summed E-state index contributed by atoms with van der Waals surface area (Å²) in [5.41, 5.74) is 7.41. The van der Waals surface area contributed by atoms with E-state index in [1.165, 1.54) is 25.7 Å². The molecule has 19 heavy (non-hydrogen) atoms. The van der Waals surface area contributed by atoms with Gasteiger partial charge in [-0.1, -0.05) is 31.4 Å². The molecule has 2 atom stereocenters. The number of nitrogen functional groups attached to an aromatic ring is 1. The molecule has 1 aromatic rings. The minimum Gasteiger partial charge on any atom is -0.384 e. The molecular weight excluding hydrogens is 258 g/mol. The van der Waals surface area contributed by atoms with E-state index in [1.807, 2.05) is 12.1 Å². The Labute approximate surface area is 120 Å². The summed E-state index contributed by atoms with van der Waals surface area (Å²) in [6.07, 6.45) is 4.98. The van der Waals surface area contributed by atoms with Crippen molar-refractivity contribution in [3.63, 3.8) is 0 Å². The second-order valence-corrected chi connectivity index (χ2v) is 6.05. The Balaban J connectivity index is 2.29. The second kappa shape index (κ2) is 5.83. The van der Waals surface area contributed by atoms with Crippen LogP contribution in [-0.4, -0.2) is 18.9 Å². The van der Waals surface area contributed by atoms with Gasteiger partial charge in [0, 0.05) is 29.4 Å². The normalized spacial score (nSPS) is 23.1. The first-order valence-corrected chi connectivity index (χ1v) is 7.23. The number of hydrogen-bond donors (Lipinski definition) is 2. The van der Waals surface area contributed by atoms with Crippen molar-refractivity contribution >= 4 is 23.1 Å². The number of anilines is 1. The largest absolute Gasteiger partial charge is 0.384 e. The Morgan fingerprint density at radius 3 is 2.79 bits per heavy atom. The van der Waals surface area contributed by atoms with Gasteiger partial charge in [0.25, 0.3) is 0 Å². The molecule has 3 N–H and O–H groups in total. The molecule has 0 aliphatic heterocycles. The average Bonchev–Trinajstić information content (AvgIpc) is 2.37. The number of hydrogen-bond acceptors (Lipinski definition) is 2. The summed E-state index contributed by atoms with van der Waals surface area (Å²) < 4.78 is 0. The van der Waals surface area contributed by atoms with Crippen LogP contribution in [0.2, 0.25) is 5.02 Å². The fraction of sp³-hybridized carbons (Fsp3) is 0.533. The van der Waals surface area contributed by atoms with Gasteiger partial charge in [0.2, 0.25) is 0 Å². The zero-order chi connectivity index (χ0) is 14.0. The third-order valence-electron chi connectivity index (χ3n) is 4.09. The summed E-state index contributed by atoms with van der Waals surface area (Å²) in [7, 11) is 2.08. The number of halogens is 1. The summed E-state index contributed by atoms with van der Waals surface area (Å²) in [5, 5.41) is 8.39. The molecule has 3 nitrogen and oxygen atoms in total. The van der Waals surface area contributed by atoms with Crippen molar-refractivity contribution in [1.29, 1.82) is 5.41 Å². The zero-order valence-electron chi connectivity index (χ0n) is 11.6. The molecule has 1 saturated carbocycles. The third-order valence-corrected chi connectivity index (χ3v) is 4.32. The highest BCUT2D eigenvalue weighted by molar-refractivity contribution is 6.31. The Hall–Kier alpha value is -1.22. The van der Waals surface area contributed by atoms with Gasteiger partial charge in [-0.3, -0.25) is 5.41 Å². The highest BCUT2D eigenvalue weighted by atomic mass is 35.5. The molecule has 0 heterocycles. The van der Waals surface area contributed by atoms with Crippen LogP contribution in [-0.2, 0) is 0 Å². The van der Waals surface area contributed by atoms with E-state index in [9.17, 15) is 0 Å². The highest BCUT2D eigenvalue weighted by Gasteiger charge is 2.24. The molecule has 104 valence electrons. The molecule has 0 bridgehead atoms. The van der Waals surface area contributed by atoms with Gasteiger partial charge < -0.3 is 10.6 Å². The summed E-state index contributed by atoms with van der Waals surface area (Å²) in [6.45, 7) is 2.31. The lowest BCUT2D eigenvalue weighted by Gasteiger charge is -2.36. The molecule has 4 heteroatoms. The predicted octanol–water partition coefficient (Wildman–Crippen LogP) is 3.64. The van der Waals surface area contributed by atoms with Crippen molar-refractivity contribution in [3.8, 4) is 0 Å². The maximum atomic E-state index is 7.70. The fourth-order valence-electron chi connectivity index (χ4n) is 2.97. The van der Waals surface area contributed by atoms with Crippen molar-refractivity contribution < 1.29 is 0 Å². The molecular formula is C15H22ClN3. The van der Waals surface area contributed by atoms with E-state index >= 15 is 0 Å². The van der Waals surface area contributed by atoms with Crippen molar-refractivity contribution in [2.75, 3.05) is 11.9 Å². The maximum Gasteiger partial charge on any atom is 0.124 e. The van der Waals surface area contributed by atoms with Crippen LogP contribution in [0.25, 0.3) is 0 Å². The van der Waals surface area contributed by atoms with E-state index in [0.29, 0.717) is 11.1 Å². The van der Waals surface area contributed by atoms with E-state index < -0.39 is 0 Å². The lowest BCUT2D eigenvalue weighted by Crippen LogP contribution is -2.36. The van der Waals surface area contributed by atoms with Gasteiger partial charge in [0.1, 0.15) is 5.84 Å². The molecule has 2 unspecified atom stereocenters. The molecule has 0 spiro atoms. The molecule has 0 radical (unpaired) electrons. The summed E-state index contributed by atoms with van der Waals surface area (Å²) in [6, 6.07) is 6.06. The summed E-state index contributed by atoms with van der Waals surface area (Å²) in [4.78, 5) is 2.25. The van der Waals surface area contributed by atoms with E-state index in [-0.39, 0.29) is 5.84 Å². The smallest absolute Gasteiger partial charge is 0.124 e.